The van der Waals surface area contributed by atoms with Crippen LogP contribution in [0, 0.1) is 0 Å². The van der Waals surface area contributed by atoms with Gasteiger partial charge in [0.2, 0.25) is 0 Å². The van der Waals surface area contributed by atoms with Crippen LogP contribution in [0.3, 0.4) is 0 Å². The van der Waals surface area contributed by atoms with E-state index in [-0.39, 0.29) is 17.4 Å². The predicted octanol–water partition coefficient (Wildman–Crippen LogP) is -2.82. The lowest BCUT2D eigenvalue weighted by Gasteiger charge is -1.44. The first-order valence-corrected chi connectivity index (χ1v) is 2.83. The fraction of sp³-hybridized carbons (Fsp3) is 1.00. The Kier molecular flexibility index (Phi) is 20.3. The zero-order chi connectivity index (χ0) is 2.71. The van der Waals surface area contributed by atoms with Crippen LogP contribution < -0.4 is 0 Å². The van der Waals surface area contributed by atoms with E-state index >= 15 is 0 Å². The molecular weight excluding hydrogens is 77.9 g/mol. The molecule has 0 rings (SSSR count). The van der Waals surface area contributed by atoms with Gasteiger partial charge >= 0.3 is 0 Å². The molecule has 0 nitrogen and oxygen atoms in total. The van der Waals surface area contributed by atoms with Crippen LogP contribution in [0.5, 0.6) is 0 Å². The van der Waals surface area contributed by atoms with Gasteiger partial charge in [0.25, 0.3) is 0 Å². The number of rotatable bonds is 0. The Morgan fingerprint density at radius 3 is 1.75 bits per heavy atom. The Hall–Kier alpha value is 0.814. The highest BCUT2D eigenvalue weighted by molar-refractivity contribution is 6.31. The first-order valence-electron chi connectivity index (χ1n) is 1.41. The van der Waals surface area contributed by atoms with Gasteiger partial charge in [0.05, 0.1) is 7.85 Å². The molecule has 0 radical (unpaired) electrons. The van der Waals surface area contributed by atoms with Crippen molar-refractivity contribution >= 4 is 35.4 Å². The van der Waals surface area contributed by atoms with Crippen molar-refractivity contribution in [2.45, 2.75) is 5.94 Å². The molecule has 0 aliphatic rings. The van der Waals surface area contributed by atoms with Gasteiger partial charge in [0.15, 0.2) is 17.4 Å². The Morgan fingerprint density at radius 2 is 1.75 bits per heavy atom. The first-order chi connectivity index (χ1) is 1.41. The maximum absolute atomic E-state index is 2.19. The summed E-state index contributed by atoms with van der Waals surface area (Å²) < 4.78 is 0. The summed E-state index contributed by atoms with van der Waals surface area (Å²) >= 11 is 0. The smallest absolute Gasteiger partial charge is 0.0928 e. The first kappa shape index (κ1) is 8.84. The molecule has 0 bridgehead atoms. The molecule has 0 spiro atoms. The molecule has 4 heavy (non-hydrogen) atoms. The largest absolute Gasteiger partial charge is 0.187 e. The fourth-order valence-electron chi connectivity index (χ4n) is 0. The quantitative estimate of drug-likeness (QED) is 0.280. The summed E-state index contributed by atoms with van der Waals surface area (Å²) in [5, 5.41) is 0. The lowest BCUT2D eigenvalue weighted by molar-refractivity contribution is 2.14. The Balaban J connectivity index is 0. The van der Waals surface area contributed by atoms with Crippen LogP contribution in [0.25, 0.3) is 0 Å². The van der Waals surface area contributed by atoms with Crippen LogP contribution in [0.2, 0.25) is 5.94 Å². The highest BCUT2D eigenvalue weighted by Gasteiger charge is 1.39. The van der Waals surface area contributed by atoms with Gasteiger partial charge in [-0.2, -0.15) is 0 Å². The third-order valence-corrected chi connectivity index (χ3v) is 0. The zero-order valence-electron chi connectivity index (χ0n) is 2.71. The fourth-order valence-corrected chi connectivity index (χ4v) is 0. The van der Waals surface area contributed by atoms with Crippen molar-refractivity contribution in [2.24, 2.45) is 0 Å². The normalized spacial score (nSPS) is 5.00. The molecule has 0 aromatic heterocycles. The van der Waals surface area contributed by atoms with Crippen LogP contribution in [-0.2, 0) is 0 Å². The Morgan fingerprint density at radius 1 is 1.75 bits per heavy atom. The summed E-state index contributed by atoms with van der Waals surface area (Å²) in [5.41, 5.74) is 0. The second-order valence-electron chi connectivity index (χ2n) is 0.707. The molecule has 0 aliphatic carbocycles. The van der Waals surface area contributed by atoms with Crippen molar-refractivity contribution in [2.75, 3.05) is 0 Å². The number of hydrogen-bond acceptors (Lipinski definition) is 0. The molecule has 0 unspecified atom stereocenters. The summed E-state index contributed by atoms with van der Waals surface area (Å²) in [4.78, 5) is 0. The lowest BCUT2D eigenvalue weighted by Crippen LogP contribution is -1.53. The van der Waals surface area contributed by atoms with Gasteiger partial charge in [-0.25, -0.2) is 0 Å². The summed E-state index contributed by atoms with van der Waals surface area (Å²) in [5.74, 6) is 1.39. The Bertz CT molecular complexity index is 8.00. The Labute approximate surface area is 41.9 Å². The van der Waals surface area contributed by atoms with E-state index in [1.807, 2.05) is 0 Å². The van der Waals surface area contributed by atoms with E-state index in [1.54, 1.807) is 0 Å². The maximum atomic E-state index is 2.19. The summed E-state index contributed by atoms with van der Waals surface area (Å²) in [6.45, 7) is 0. The van der Waals surface area contributed by atoms with Crippen molar-refractivity contribution in [3.63, 3.8) is 0 Å². The molecule has 0 aliphatic heterocycles. The van der Waals surface area contributed by atoms with Gasteiger partial charge in [0.1, 0.15) is 0 Å². The highest BCUT2D eigenvalue weighted by atomic mass is 28.1. The highest BCUT2D eigenvalue weighted by Crippen LogP contribution is 1.36. The number of hydrogen-bond donors (Lipinski definition) is 0. The van der Waals surface area contributed by atoms with Gasteiger partial charge in [-0.1, -0.05) is 5.94 Å². The van der Waals surface area contributed by atoms with Crippen molar-refractivity contribution in [1.82, 2.24) is 0 Å². The summed E-state index contributed by atoms with van der Waals surface area (Å²) in [6.07, 6.45) is 0. The van der Waals surface area contributed by atoms with Crippen LogP contribution in [-0.4, -0.2) is 35.4 Å². The minimum Gasteiger partial charge on any atom is -0.0928 e. The minimum atomic E-state index is 0. The van der Waals surface area contributed by atoms with Gasteiger partial charge in [-0.3, -0.25) is 0 Å². The van der Waals surface area contributed by atoms with Crippen LogP contribution in [0.1, 0.15) is 0 Å². The molecular formula is CH10AlBSi. The van der Waals surface area contributed by atoms with E-state index < -0.39 is 0 Å². The van der Waals surface area contributed by atoms with Crippen molar-refractivity contribution in [3.8, 4) is 0 Å². The minimum absolute atomic E-state index is 0. The van der Waals surface area contributed by atoms with E-state index in [1.165, 1.54) is 16.2 Å². The molecule has 0 heterocycles. The SMILES string of the molecule is BC[SiH3].[AlH3]. The van der Waals surface area contributed by atoms with Crippen LogP contribution in [0.4, 0.5) is 0 Å². The molecule has 0 aromatic rings. The van der Waals surface area contributed by atoms with Crippen molar-refractivity contribution in [1.29, 1.82) is 0 Å². The molecule has 0 atom stereocenters. The molecule has 0 N–H and O–H groups in total. The van der Waals surface area contributed by atoms with E-state index in [9.17, 15) is 0 Å². The maximum Gasteiger partial charge on any atom is 0.187 e. The molecule has 0 aromatic carbocycles. The van der Waals surface area contributed by atoms with Crippen LogP contribution in [0.15, 0.2) is 0 Å². The zero-order valence-corrected chi connectivity index (χ0v) is 4.71. The average Bonchev–Trinajstić information content (AvgIpc) is 0.918. The molecule has 0 saturated carbocycles. The molecule has 24 valence electrons. The molecule has 3 heteroatoms. The lowest BCUT2D eigenvalue weighted by atomic mass is 10.2. The third kappa shape index (κ3) is 14.0. The van der Waals surface area contributed by atoms with Gasteiger partial charge < -0.3 is 0 Å². The predicted molar refractivity (Wildman–Crippen MR) is 33.2 cm³/mol. The monoisotopic (exact) mass is 88.0 g/mol. The molecule has 0 fully saturated rings. The molecule has 0 amide bonds. The average molecular weight is 88.0 g/mol. The van der Waals surface area contributed by atoms with E-state index in [2.05, 4.69) is 7.85 Å². The third-order valence-electron chi connectivity index (χ3n) is 0. The summed E-state index contributed by atoms with van der Waals surface area (Å²) in [6, 6.07) is 0. The van der Waals surface area contributed by atoms with Crippen molar-refractivity contribution in [3.05, 3.63) is 0 Å². The topological polar surface area (TPSA) is 0 Å². The second kappa shape index (κ2) is 9.18. The van der Waals surface area contributed by atoms with Crippen molar-refractivity contribution < 1.29 is 0 Å². The van der Waals surface area contributed by atoms with Crippen LogP contribution >= 0.6 is 0 Å². The van der Waals surface area contributed by atoms with Gasteiger partial charge in [-0.15, -0.1) is 0 Å². The summed E-state index contributed by atoms with van der Waals surface area (Å²) in [7, 11) is 3.56. The van der Waals surface area contributed by atoms with Gasteiger partial charge in [0, 0.05) is 0 Å². The standard InChI is InChI=1S/CH7BSi.Al.3H/c2-1-3;;;;/h1-2H2,3H3;;;;. The molecule has 0 saturated heterocycles. The van der Waals surface area contributed by atoms with E-state index in [0.717, 1.165) is 0 Å². The van der Waals surface area contributed by atoms with Gasteiger partial charge in [-0.05, 0) is 10.2 Å². The van der Waals surface area contributed by atoms with E-state index in [0.29, 0.717) is 0 Å². The second-order valence-corrected chi connectivity index (χ2v) is 2.12. The van der Waals surface area contributed by atoms with E-state index in [4.69, 9.17) is 0 Å².